The predicted octanol–water partition coefficient (Wildman–Crippen LogP) is 5.85. The highest BCUT2D eigenvalue weighted by Crippen LogP contribution is 2.29. The van der Waals surface area contributed by atoms with Gasteiger partial charge in [0.1, 0.15) is 5.75 Å². The van der Waals surface area contributed by atoms with Crippen LogP contribution in [0, 0.1) is 0 Å². The lowest BCUT2D eigenvalue weighted by atomic mass is 10.2. The number of nitrogens with one attached hydrogen (secondary N) is 1. The highest BCUT2D eigenvalue weighted by molar-refractivity contribution is 7.97. The summed E-state index contributed by atoms with van der Waals surface area (Å²) in [4.78, 5) is 17.8. The maximum Gasteiger partial charge on any atom is 0.264 e. The van der Waals surface area contributed by atoms with E-state index >= 15 is 0 Å². The average Bonchev–Trinajstić information content (AvgIpc) is 3.29. The highest BCUT2D eigenvalue weighted by Gasteiger charge is 2.13. The molecule has 1 aromatic heterocycles. The quantitative estimate of drug-likeness (QED) is 0.418. The molecule has 2 aromatic carbocycles. The summed E-state index contributed by atoms with van der Waals surface area (Å²) in [6.45, 7) is 7.32. The molecule has 0 saturated carbocycles. The molecule has 1 saturated heterocycles. The molecule has 170 valence electrons. The van der Waals surface area contributed by atoms with Gasteiger partial charge in [0.05, 0.1) is 18.9 Å². The predicted molar refractivity (Wildman–Crippen MR) is 133 cm³/mol. The molecule has 0 spiro atoms. The molecule has 32 heavy (non-hydrogen) atoms. The van der Waals surface area contributed by atoms with E-state index in [1.54, 1.807) is 36.2 Å². The number of hydrogen-bond donors (Lipinski definition) is 1. The first-order chi connectivity index (χ1) is 15.7. The Morgan fingerprint density at radius 2 is 1.97 bits per heavy atom. The minimum atomic E-state index is -0.270. The molecule has 1 N–H and O–H groups in total. The van der Waals surface area contributed by atoms with Crippen LogP contribution in [0.2, 0.25) is 5.02 Å². The molecule has 4 rings (SSSR count). The maximum absolute atomic E-state index is 12.1. The van der Waals surface area contributed by atoms with Crippen molar-refractivity contribution in [2.24, 2.45) is 0 Å². The summed E-state index contributed by atoms with van der Waals surface area (Å²) in [6.07, 6.45) is 0. The van der Waals surface area contributed by atoms with E-state index in [1.807, 2.05) is 31.4 Å². The first-order valence-corrected chi connectivity index (χ1v) is 12.4. The van der Waals surface area contributed by atoms with E-state index < -0.39 is 0 Å². The van der Waals surface area contributed by atoms with Crippen molar-refractivity contribution in [1.29, 1.82) is 0 Å². The summed E-state index contributed by atoms with van der Waals surface area (Å²) in [5.41, 5.74) is 1.84. The van der Waals surface area contributed by atoms with Crippen LogP contribution in [0.1, 0.15) is 13.8 Å². The third kappa shape index (κ3) is 7.50. The molecule has 2 heterocycles. The van der Waals surface area contributed by atoms with E-state index in [-0.39, 0.29) is 12.5 Å². The number of anilines is 1. The summed E-state index contributed by atoms with van der Waals surface area (Å²) in [5.74, 6) is 0.278. The second kappa shape index (κ2) is 12.8. The zero-order valence-electron chi connectivity index (χ0n) is 18.0. The molecule has 0 aliphatic carbocycles. The van der Waals surface area contributed by atoms with Crippen LogP contribution in [-0.4, -0.2) is 48.1 Å². The van der Waals surface area contributed by atoms with Crippen molar-refractivity contribution in [3.8, 4) is 17.0 Å². The van der Waals surface area contributed by atoms with Gasteiger partial charge < -0.3 is 9.47 Å². The van der Waals surface area contributed by atoms with Gasteiger partial charge in [0.2, 0.25) is 0 Å². The molecule has 1 aliphatic rings. The van der Waals surface area contributed by atoms with Crippen molar-refractivity contribution in [3.63, 3.8) is 0 Å². The molecule has 1 aliphatic heterocycles. The van der Waals surface area contributed by atoms with Gasteiger partial charge >= 0.3 is 0 Å². The zero-order chi connectivity index (χ0) is 22.8. The third-order valence-electron chi connectivity index (χ3n) is 4.27. The van der Waals surface area contributed by atoms with Crippen LogP contribution < -0.4 is 10.1 Å². The number of halogens is 1. The van der Waals surface area contributed by atoms with Crippen LogP contribution in [0.5, 0.6) is 5.75 Å². The van der Waals surface area contributed by atoms with E-state index in [4.69, 9.17) is 21.1 Å². The number of nitrogens with zero attached hydrogens (tertiary/aromatic N) is 2. The monoisotopic (exact) mass is 491 g/mol. The number of thiazole rings is 1. The Morgan fingerprint density at radius 1 is 1.22 bits per heavy atom. The molecule has 9 heteroatoms. The minimum absolute atomic E-state index is 0.108. The van der Waals surface area contributed by atoms with Gasteiger partial charge in [-0.3, -0.25) is 10.1 Å². The molecule has 0 radical (unpaired) electrons. The van der Waals surface area contributed by atoms with E-state index in [1.165, 1.54) is 16.2 Å². The van der Waals surface area contributed by atoms with Crippen molar-refractivity contribution < 1.29 is 14.3 Å². The average molecular weight is 492 g/mol. The van der Waals surface area contributed by atoms with Gasteiger partial charge in [0.25, 0.3) is 5.91 Å². The van der Waals surface area contributed by atoms with Gasteiger partial charge in [0.15, 0.2) is 11.7 Å². The SMILES string of the molecule is CC.O=C(COc1cccc(Cl)c1)Nc1nc(-c2ccc(SN3CCOCC3)cc2)cs1. The summed E-state index contributed by atoms with van der Waals surface area (Å²) in [5, 5.41) is 5.80. The molecular weight excluding hydrogens is 466 g/mol. The number of morpholine rings is 1. The molecule has 3 aromatic rings. The van der Waals surface area contributed by atoms with Gasteiger partial charge in [-0.1, -0.05) is 43.6 Å². The lowest BCUT2D eigenvalue weighted by molar-refractivity contribution is -0.118. The van der Waals surface area contributed by atoms with Crippen LogP contribution >= 0.6 is 34.9 Å². The van der Waals surface area contributed by atoms with E-state index in [0.29, 0.717) is 15.9 Å². The Hall–Kier alpha value is -2.10. The second-order valence-corrected chi connectivity index (χ2v) is 8.95. The van der Waals surface area contributed by atoms with Gasteiger partial charge in [-0.2, -0.15) is 0 Å². The lowest BCUT2D eigenvalue weighted by Crippen LogP contribution is -2.30. The highest BCUT2D eigenvalue weighted by atomic mass is 35.5. The van der Waals surface area contributed by atoms with Crippen molar-refractivity contribution in [2.45, 2.75) is 18.7 Å². The molecule has 0 bridgehead atoms. The fraction of sp³-hybridized carbons (Fsp3) is 0.304. The number of amides is 1. The van der Waals surface area contributed by atoms with Crippen molar-refractivity contribution in [1.82, 2.24) is 9.29 Å². The number of carbonyl (C=O) groups is 1. The van der Waals surface area contributed by atoms with Gasteiger partial charge in [-0.25, -0.2) is 9.29 Å². The summed E-state index contributed by atoms with van der Waals surface area (Å²) in [6, 6.07) is 15.2. The molecule has 1 amide bonds. The number of ether oxygens (including phenoxy) is 2. The number of rotatable bonds is 7. The van der Waals surface area contributed by atoms with Crippen LogP contribution in [0.15, 0.2) is 58.8 Å². The fourth-order valence-corrected chi connectivity index (χ4v) is 4.60. The van der Waals surface area contributed by atoms with Crippen LogP contribution in [-0.2, 0) is 9.53 Å². The van der Waals surface area contributed by atoms with Crippen LogP contribution in [0.25, 0.3) is 11.3 Å². The normalized spacial score (nSPS) is 13.7. The smallest absolute Gasteiger partial charge is 0.264 e. The van der Waals surface area contributed by atoms with Gasteiger partial charge in [-0.05, 0) is 42.3 Å². The Kier molecular flexibility index (Phi) is 9.83. The lowest BCUT2D eigenvalue weighted by Gasteiger charge is -2.25. The topological polar surface area (TPSA) is 63.7 Å². The van der Waals surface area contributed by atoms with Crippen LogP contribution in [0.3, 0.4) is 0 Å². The Balaban J connectivity index is 0.00000141. The Bertz CT molecular complexity index is 992. The van der Waals surface area contributed by atoms with E-state index in [9.17, 15) is 4.79 Å². The van der Waals surface area contributed by atoms with Crippen molar-refractivity contribution in [2.75, 3.05) is 38.2 Å². The number of benzene rings is 2. The van der Waals surface area contributed by atoms with Crippen molar-refractivity contribution in [3.05, 3.63) is 58.9 Å². The Labute approximate surface area is 202 Å². The number of hydrogen-bond acceptors (Lipinski definition) is 7. The molecule has 0 unspecified atom stereocenters. The van der Waals surface area contributed by atoms with Crippen LogP contribution in [0.4, 0.5) is 5.13 Å². The first kappa shape index (κ1) is 24.5. The molecular formula is C23H26ClN3O3S2. The third-order valence-corrected chi connectivity index (χ3v) is 6.37. The molecule has 0 atom stereocenters. The van der Waals surface area contributed by atoms with Gasteiger partial charge in [-0.15, -0.1) is 11.3 Å². The zero-order valence-corrected chi connectivity index (χ0v) is 20.4. The Morgan fingerprint density at radius 3 is 2.69 bits per heavy atom. The molecule has 1 fully saturated rings. The maximum atomic E-state index is 12.1. The summed E-state index contributed by atoms with van der Waals surface area (Å²) < 4.78 is 13.1. The number of aromatic nitrogens is 1. The van der Waals surface area contributed by atoms with Gasteiger partial charge in [0, 0.05) is 34.0 Å². The minimum Gasteiger partial charge on any atom is -0.484 e. The van der Waals surface area contributed by atoms with E-state index in [0.717, 1.165) is 37.6 Å². The fourth-order valence-electron chi connectivity index (χ4n) is 2.80. The number of carbonyl (C=O) groups excluding carboxylic acids is 1. The summed E-state index contributed by atoms with van der Waals surface area (Å²) in [7, 11) is 0. The summed E-state index contributed by atoms with van der Waals surface area (Å²) >= 11 is 9.04. The standard InChI is InChI=1S/C21H20ClN3O3S2.C2H6/c22-16-2-1-3-17(12-16)28-13-20(26)24-21-23-19(14-29-21)15-4-6-18(7-5-15)30-25-8-10-27-11-9-25;1-2/h1-7,12,14H,8-11,13H2,(H,23,24,26);1-2H3. The second-order valence-electron chi connectivity index (χ2n) is 6.49. The molecule has 6 nitrogen and oxygen atoms in total. The van der Waals surface area contributed by atoms with E-state index in [2.05, 4.69) is 26.7 Å². The first-order valence-electron chi connectivity index (χ1n) is 10.4. The largest absolute Gasteiger partial charge is 0.484 e. The van der Waals surface area contributed by atoms with Crippen molar-refractivity contribution >= 4 is 45.9 Å².